The molecule has 5 heteroatoms. The van der Waals surface area contributed by atoms with Crippen LogP contribution in [0.2, 0.25) is 0 Å². The van der Waals surface area contributed by atoms with Crippen molar-refractivity contribution >= 4 is 18.3 Å². The van der Waals surface area contributed by atoms with Gasteiger partial charge in [-0.25, -0.2) is 0 Å². The van der Waals surface area contributed by atoms with Gasteiger partial charge in [-0.1, -0.05) is 0 Å². The van der Waals surface area contributed by atoms with Gasteiger partial charge in [0.25, 0.3) is 0 Å². The number of nitrogens with zero attached hydrogens (tertiary/aromatic N) is 1. The normalized spacial score (nSPS) is 21.9. The highest BCUT2D eigenvalue weighted by Crippen LogP contribution is 2.08. The van der Waals surface area contributed by atoms with Crippen LogP contribution in [0.3, 0.4) is 0 Å². The first kappa shape index (κ1) is 14.7. The van der Waals surface area contributed by atoms with Crippen molar-refractivity contribution in [2.75, 3.05) is 20.1 Å². The summed E-state index contributed by atoms with van der Waals surface area (Å²) >= 11 is 0. The lowest BCUT2D eigenvalue weighted by atomic mass is 10.2. The minimum absolute atomic E-state index is 0. The summed E-state index contributed by atoms with van der Waals surface area (Å²) in [7, 11) is 1.80. The van der Waals surface area contributed by atoms with E-state index >= 15 is 0 Å². The first-order chi connectivity index (χ1) is 6.61. The number of carbonyl (C=O) groups excluding carboxylic acids is 1. The molecule has 1 amide bonds. The van der Waals surface area contributed by atoms with E-state index in [-0.39, 0.29) is 30.5 Å². The molecule has 0 aromatic rings. The van der Waals surface area contributed by atoms with Gasteiger partial charge in [-0.2, -0.15) is 0 Å². The SMILES string of the molecule is CC(O)CCN(C)C(=O)C1CCCN1.Cl. The third kappa shape index (κ3) is 4.82. The van der Waals surface area contributed by atoms with Crippen LogP contribution in [-0.4, -0.2) is 48.2 Å². The van der Waals surface area contributed by atoms with E-state index in [1.165, 1.54) is 0 Å². The number of rotatable bonds is 4. The van der Waals surface area contributed by atoms with Gasteiger partial charge in [0.05, 0.1) is 12.1 Å². The Morgan fingerprint density at radius 1 is 1.67 bits per heavy atom. The number of aliphatic hydroxyl groups excluding tert-OH is 1. The molecule has 0 radical (unpaired) electrons. The molecule has 1 aliphatic heterocycles. The van der Waals surface area contributed by atoms with Crippen molar-refractivity contribution in [1.29, 1.82) is 0 Å². The van der Waals surface area contributed by atoms with Crippen molar-refractivity contribution < 1.29 is 9.90 Å². The standard InChI is InChI=1S/C10H20N2O2.ClH/c1-8(13)5-7-12(2)10(14)9-4-3-6-11-9;/h8-9,11,13H,3-7H2,1-2H3;1H. The monoisotopic (exact) mass is 236 g/mol. The summed E-state index contributed by atoms with van der Waals surface area (Å²) in [6.45, 7) is 3.32. The zero-order chi connectivity index (χ0) is 10.6. The Labute approximate surface area is 97.4 Å². The Balaban J connectivity index is 0.00000196. The van der Waals surface area contributed by atoms with Crippen molar-refractivity contribution in [3.63, 3.8) is 0 Å². The summed E-state index contributed by atoms with van der Waals surface area (Å²) in [5.74, 6) is 0.156. The van der Waals surface area contributed by atoms with E-state index in [4.69, 9.17) is 5.11 Å². The average molecular weight is 237 g/mol. The summed E-state index contributed by atoms with van der Waals surface area (Å²) in [6.07, 6.45) is 2.34. The molecule has 1 saturated heterocycles. The lowest BCUT2D eigenvalue weighted by Crippen LogP contribution is -2.42. The molecule has 0 bridgehead atoms. The number of carbonyl (C=O) groups is 1. The van der Waals surface area contributed by atoms with E-state index < -0.39 is 0 Å². The number of likely N-dealkylation sites (N-methyl/N-ethyl adjacent to an activating group) is 1. The van der Waals surface area contributed by atoms with Crippen molar-refractivity contribution in [3.05, 3.63) is 0 Å². The molecule has 2 atom stereocenters. The van der Waals surface area contributed by atoms with E-state index in [1.54, 1.807) is 18.9 Å². The molecule has 0 saturated carbocycles. The number of hydrogen-bond donors (Lipinski definition) is 2. The largest absolute Gasteiger partial charge is 0.393 e. The van der Waals surface area contributed by atoms with E-state index in [2.05, 4.69) is 5.32 Å². The van der Waals surface area contributed by atoms with E-state index in [0.29, 0.717) is 13.0 Å². The molecule has 2 unspecified atom stereocenters. The second kappa shape index (κ2) is 7.04. The van der Waals surface area contributed by atoms with Crippen LogP contribution in [0.5, 0.6) is 0 Å². The first-order valence-electron chi connectivity index (χ1n) is 5.27. The third-order valence-electron chi connectivity index (χ3n) is 2.62. The minimum Gasteiger partial charge on any atom is -0.393 e. The molecule has 15 heavy (non-hydrogen) atoms. The smallest absolute Gasteiger partial charge is 0.239 e. The number of nitrogens with one attached hydrogen (secondary N) is 1. The van der Waals surface area contributed by atoms with Crippen LogP contribution in [0.25, 0.3) is 0 Å². The topological polar surface area (TPSA) is 52.6 Å². The van der Waals surface area contributed by atoms with Crippen LogP contribution < -0.4 is 5.32 Å². The van der Waals surface area contributed by atoms with Crippen LogP contribution in [-0.2, 0) is 4.79 Å². The maximum absolute atomic E-state index is 11.7. The number of hydrogen-bond acceptors (Lipinski definition) is 3. The molecule has 0 aromatic carbocycles. The number of halogens is 1. The van der Waals surface area contributed by atoms with Crippen LogP contribution in [0.4, 0.5) is 0 Å². The van der Waals surface area contributed by atoms with E-state index in [9.17, 15) is 4.79 Å². The van der Waals surface area contributed by atoms with Gasteiger partial charge in [-0.15, -0.1) is 12.4 Å². The Morgan fingerprint density at radius 3 is 2.80 bits per heavy atom. The van der Waals surface area contributed by atoms with Crippen LogP contribution in [0.15, 0.2) is 0 Å². The molecule has 0 aliphatic carbocycles. The van der Waals surface area contributed by atoms with Gasteiger partial charge in [0.1, 0.15) is 0 Å². The number of aliphatic hydroxyl groups is 1. The van der Waals surface area contributed by atoms with Crippen molar-refractivity contribution in [1.82, 2.24) is 10.2 Å². The maximum Gasteiger partial charge on any atom is 0.239 e. The summed E-state index contributed by atoms with van der Waals surface area (Å²) in [5.41, 5.74) is 0. The molecular weight excluding hydrogens is 216 g/mol. The highest BCUT2D eigenvalue weighted by molar-refractivity contribution is 5.85. The quantitative estimate of drug-likeness (QED) is 0.743. The van der Waals surface area contributed by atoms with Gasteiger partial charge in [-0.05, 0) is 32.7 Å². The second-order valence-corrected chi connectivity index (χ2v) is 4.05. The van der Waals surface area contributed by atoms with E-state index in [1.807, 2.05) is 0 Å². The molecular formula is C10H21ClN2O2. The highest BCUT2D eigenvalue weighted by atomic mass is 35.5. The molecule has 1 aliphatic rings. The van der Waals surface area contributed by atoms with Gasteiger partial charge < -0.3 is 15.3 Å². The van der Waals surface area contributed by atoms with Crippen molar-refractivity contribution in [3.8, 4) is 0 Å². The fourth-order valence-electron chi connectivity index (χ4n) is 1.65. The zero-order valence-corrected chi connectivity index (χ0v) is 10.2. The summed E-state index contributed by atoms with van der Waals surface area (Å²) in [5, 5.41) is 12.3. The predicted molar refractivity (Wildman–Crippen MR) is 62.2 cm³/mol. The summed E-state index contributed by atoms with van der Waals surface area (Å²) in [6, 6.07) is 0.00833. The van der Waals surface area contributed by atoms with Gasteiger partial charge in [0, 0.05) is 13.6 Å². The molecule has 0 aromatic heterocycles. The molecule has 2 N–H and O–H groups in total. The fraction of sp³-hybridized carbons (Fsp3) is 0.900. The van der Waals surface area contributed by atoms with Gasteiger partial charge in [-0.3, -0.25) is 4.79 Å². The zero-order valence-electron chi connectivity index (χ0n) is 9.40. The lowest BCUT2D eigenvalue weighted by molar-refractivity contribution is -0.132. The van der Waals surface area contributed by atoms with Crippen molar-refractivity contribution in [2.24, 2.45) is 0 Å². The summed E-state index contributed by atoms with van der Waals surface area (Å²) < 4.78 is 0. The predicted octanol–water partition coefficient (Wildman–Crippen LogP) is 0.389. The Kier molecular flexibility index (Phi) is 6.89. The fourth-order valence-corrected chi connectivity index (χ4v) is 1.65. The number of amides is 1. The molecule has 1 rings (SSSR count). The Bertz CT molecular complexity index is 194. The van der Waals surface area contributed by atoms with E-state index in [0.717, 1.165) is 19.4 Å². The first-order valence-corrected chi connectivity index (χ1v) is 5.27. The van der Waals surface area contributed by atoms with Gasteiger partial charge >= 0.3 is 0 Å². The minimum atomic E-state index is -0.332. The van der Waals surface area contributed by atoms with Gasteiger partial charge in [0.2, 0.25) is 5.91 Å². The molecule has 0 spiro atoms. The molecule has 90 valence electrons. The molecule has 1 fully saturated rings. The maximum atomic E-state index is 11.7. The highest BCUT2D eigenvalue weighted by Gasteiger charge is 2.24. The average Bonchev–Trinajstić information content (AvgIpc) is 2.65. The molecule has 4 nitrogen and oxygen atoms in total. The molecule has 1 heterocycles. The van der Waals surface area contributed by atoms with Crippen LogP contribution in [0.1, 0.15) is 26.2 Å². The third-order valence-corrected chi connectivity index (χ3v) is 2.62. The van der Waals surface area contributed by atoms with Gasteiger partial charge in [0.15, 0.2) is 0 Å². The lowest BCUT2D eigenvalue weighted by Gasteiger charge is -2.21. The van der Waals surface area contributed by atoms with Crippen LogP contribution in [0, 0.1) is 0 Å². The Morgan fingerprint density at radius 2 is 2.33 bits per heavy atom. The van der Waals surface area contributed by atoms with Crippen molar-refractivity contribution in [2.45, 2.75) is 38.3 Å². The second-order valence-electron chi connectivity index (χ2n) is 4.05. The summed E-state index contributed by atoms with van der Waals surface area (Å²) in [4.78, 5) is 13.4. The Hall–Kier alpha value is -0.320. The van der Waals surface area contributed by atoms with Crippen LogP contribution >= 0.6 is 12.4 Å².